The first-order chi connectivity index (χ1) is 19.4. The first kappa shape index (κ1) is 33.5. The van der Waals surface area contributed by atoms with Gasteiger partial charge in [0.05, 0.1) is 11.3 Å². The van der Waals surface area contributed by atoms with Gasteiger partial charge in [-0.05, 0) is 31.6 Å². The van der Waals surface area contributed by atoms with Gasteiger partial charge in [0.25, 0.3) is 0 Å². The van der Waals surface area contributed by atoms with Crippen molar-refractivity contribution in [2.45, 2.75) is 103 Å². The van der Waals surface area contributed by atoms with Gasteiger partial charge in [-0.1, -0.05) is 19.9 Å². The van der Waals surface area contributed by atoms with Crippen molar-refractivity contribution in [3.8, 4) is 0 Å². The molecule has 2 N–H and O–H groups in total. The van der Waals surface area contributed by atoms with Crippen molar-refractivity contribution >= 4 is 41.4 Å². The molecule has 3 rings (SSSR count). The molecule has 3 aliphatic rings. The van der Waals surface area contributed by atoms with Crippen LogP contribution >= 0.6 is 11.6 Å². The van der Waals surface area contributed by atoms with Crippen molar-refractivity contribution in [1.82, 2.24) is 0 Å². The van der Waals surface area contributed by atoms with Crippen LogP contribution in [0.1, 0.15) is 61.3 Å². The normalized spacial score (nSPS) is 41.5. The highest BCUT2D eigenvalue weighted by Gasteiger charge is 2.72. The third-order valence-electron chi connectivity index (χ3n) is 8.65. The molecule has 1 saturated heterocycles. The summed E-state index contributed by atoms with van der Waals surface area (Å²) in [5, 5.41) is 24.8. The first-order valence-corrected chi connectivity index (χ1v) is 14.3. The van der Waals surface area contributed by atoms with Crippen molar-refractivity contribution in [2.75, 3.05) is 5.88 Å². The molecule has 0 spiro atoms. The predicted molar refractivity (Wildman–Crippen MR) is 146 cm³/mol. The van der Waals surface area contributed by atoms with Crippen LogP contribution in [0.25, 0.3) is 0 Å². The molecule has 0 aromatic rings. The summed E-state index contributed by atoms with van der Waals surface area (Å²) in [7, 11) is 0. The fourth-order valence-electron chi connectivity index (χ4n) is 6.54. The molecule has 0 aromatic heterocycles. The smallest absolute Gasteiger partial charge is 0.312 e. The molecule has 0 radical (unpaired) electrons. The van der Waals surface area contributed by atoms with Crippen LogP contribution in [-0.2, 0) is 47.7 Å². The van der Waals surface area contributed by atoms with E-state index in [1.54, 1.807) is 13.8 Å². The van der Waals surface area contributed by atoms with Crippen molar-refractivity contribution in [1.29, 1.82) is 0 Å². The summed E-state index contributed by atoms with van der Waals surface area (Å²) in [4.78, 5) is 63.0. The van der Waals surface area contributed by atoms with Gasteiger partial charge in [0.1, 0.15) is 30.0 Å². The minimum absolute atomic E-state index is 0.0453. The van der Waals surface area contributed by atoms with Gasteiger partial charge in [-0.3, -0.25) is 24.0 Å². The molecule has 12 nitrogen and oxygen atoms in total. The van der Waals surface area contributed by atoms with Gasteiger partial charge in [-0.15, -0.1) is 11.6 Å². The number of carbonyl (C=O) groups excluding carboxylic acids is 5. The second kappa shape index (κ2) is 12.3. The average molecular weight is 615 g/mol. The van der Waals surface area contributed by atoms with E-state index in [2.05, 4.69) is 0 Å². The Hall–Kier alpha value is -2.96. The van der Waals surface area contributed by atoms with Crippen LogP contribution in [-0.4, -0.2) is 87.7 Å². The number of rotatable bonds is 6. The van der Waals surface area contributed by atoms with E-state index < -0.39 is 88.8 Å². The summed E-state index contributed by atoms with van der Waals surface area (Å²) in [6.45, 7) is 9.19. The van der Waals surface area contributed by atoms with Crippen molar-refractivity contribution < 1.29 is 57.9 Å². The zero-order valence-electron chi connectivity index (χ0n) is 24.7. The number of aliphatic hydroxyl groups is 2. The Morgan fingerprint density at radius 2 is 1.60 bits per heavy atom. The Morgan fingerprint density at radius 1 is 1.00 bits per heavy atom. The number of hydrogen-bond acceptors (Lipinski definition) is 12. The minimum Gasteiger partial charge on any atom is -0.462 e. The lowest BCUT2D eigenvalue weighted by molar-refractivity contribution is -0.286. The summed E-state index contributed by atoms with van der Waals surface area (Å²) < 4.78 is 28.5. The Morgan fingerprint density at radius 3 is 2.12 bits per heavy atom. The van der Waals surface area contributed by atoms with Crippen LogP contribution < -0.4 is 0 Å². The van der Waals surface area contributed by atoms with E-state index in [9.17, 15) is 34.2 Å². The van der Waals surface area contributed by atoms with Gasteiger partial charge in [0.2, 0.25) is 0 Å². The molecule has 234 valence electrons. The van der Waals surface area contributed by atoms with Gasteiger partial charge in [-0.2, -0.15) is 0 Å². The molecule has 13 heteroatoms. The molecule has 0 aromatic carbocycles. The lowest BCUT2D eigenvalue weighted by atomic mass is 9.51. The van der Waals surface area contributed by atoms with Gasteiger partial charge < -0.3 is 33.9 Å². The SMILES string of the molecule is CCC(=O)O[C@@H]1C[C@H](OC(C)=O)[C@]2(C)[C@@H](OC(C)=O)/C=C\C(CCl)=C/[C@@H]3OC(=O)[C@H](C)[C@@]3(O)[C@@H](OC(C)=O)[C@H]2[C@]1(C)O. The summed E-state index contributed by atoms with van der Waals surface area (Å²) in [6.07, 6.45) is -2.94. The standard InChI is InChI=1S/C29H39ClO12/c1-8-23(34)41-21-12-20(39-16(4)32)27(6)19(38-15(3)31)10-9-18(13-30)11-22-29(37,14(2)26(35)42-22)25(40-17(5)33)24(27)28(21,7)36/h9-11,14,19-22,24-25,36-37H,8,12-13H2,1-7H3/b10-9-,18-11+/t14-,19-,20-,21+,22-,24+,25-,27-,28+,29-/m0/s1. The predicted octanol–water partition coefficient (Wildman–Crippen LogP) is 1.91. The highest BCUT2D eigenvalue weighted by molar-refractivity contribution is 6.19. The molecule has 0 amide bonds. The van der Waals surface area contributed by atoms with E-state index in [-0.39, 0.29) is 18.7 Å². The quantitative estimate of drug-likeness (QED) is 0.253. The summed E-state index contributed by atoms with van der Waals surface area (Å²) in [5.74, 6) is -6.76. The third kappa shape index (κ3) is 5.93. The van der Waals surface area contributed by atoms with Crippen LogP contribution in [0.3, 0.4) is 0 Å². The fourth-order valence-corrected chi connectivity index (χ4v) is 6.72. The molecule has 2 aliphatic carbocycles. The van der Waals surface area contributed by atoms with E-state index in [0.29, 0.717) is 5.57 Å². The van der Waals surface area contributed by atoms with E-state index >= 15 is 0 Å². The van der Waals surface area contributed by atoms with Crippen LogP contribution in [0, 0.1) is 17.3 Å². The van der Waals surface area contributed by atoms with Gasteiger partial charge in [-0.25, -0.2) is 0 Å². The first-order valence-electron chi connectivity index (χ1n) is 13.8. The lowest BCUT2D eigenvalue weighted by Crippen LogP contribution is -2.74. The highest BCUT2D eigenvalue weighted by Crippen LogP contribution is 2.58. The highest BCUT2D eigenvalue weighted by atomic mass is 35.5. The van der Waals surface area contributed by atoms with Gasteiger partial charge >= 0.3 is 29.8 Å². The number of halogens is 1. The zero-order valence-corrected chi connectivity index (χ0v) is 25.5. The number of alkyl halides is 1. The number of allylic oxidation sites excluding steroid dienone is 2. The van der Waals surface area contributed by atoms with Crippen molar-refractivity contribution in [3.05, 3.63) is 23.8 Å². The van der Waals surface area contributed by atoms with Crippen LogP contribution in [0.5, 0.6) is 0 Å². The van der Waals surface area contributed by atoms with Gasteiger partial charge in [0.15, 0.2) is 11.7 Å². The molecule has 1 heterocycles. The van der Waals surface area contributed by atoms with Crippen molar-refractivity contribution in [2.24, 2.45) is 17.3 Å². The van der Waals surface area contributed by atoms with Gasteiger partial charge in [0, 0.05) is 45.4 Å². The second-order valence-corrected chi connectivity index (χ2v) is 11.8. The summed E-state index contributed by atoms with van der Waals surface area (Å²) >= 11 is 6.19. The number of ether oxygens (including phenoxy) is 5. The monoisotopic (exact) mass is 614 g/mol. The number of hydrogen-bond donors (Lipinski definition) is 2. The minimum atomic E-state index is -2.32. The van der Waals surface area contributed by atoms with E-state index in [1.165, 1.54) is 32.1 Å². The Kier molecular flexibility index (Phi) is 9.85. The molecule has 0 bridgehead atoms. The largest absolute Gasteiger partial charge is 0.462 e. The van der Waals surface area contributed by atoms with Crippen LogP contribution in [0.4, 0.5) is 0 Å². The number of carbonyl (C=O) groups is 5. The van der Waals surface area contributed by atoms with Crippen LogP contribution in [0.2, 0.25) is 0 Å². The summed E-state index contributed by atoms with van der Waals surface area (Å²) in [6, 6.07) is 0. The molecule has 42 heavy (non-hydrogen) atoms. The summed E-state index contributed by atoms with van der Waals surface area (Å²) in [5.41, 5.74) is -5.76. The maximum atomic E-state index is 13.0. The molecular formula is C29H39ClO12. The Bertz CT molecular complexity index is 1180. The number of esters is 5. The zero-order chi connectivity index (χ0) is 31.8. The lowest BCUT2D eigenvalue weighted by Gasteiger charge is -2.60. The Labute approximate surface area is 249 Å². The molecule has 10 atom stereocenters. The maximum Gasteiger partial charge on any atom is 0.312 e. The maximum absolute atomic E-state index is 13.0. The van der Waals surface area contributed by atoms with E-state index in [1.807, 2.05) is 0 Å². The van der Waals surface area contributed by atoms with E-state index in [4.69, 9.17) is 35.3 Å². The Balaban J connectivity index is 2.49. The fraction of sp³-hybridized carbons (Fsp3) is 0.690. The van der Waals surface area contributed by atoms with E-state index in [0.717, 1.165) is 20.8 Å². The third-order valence-corrected chi connectivity index (χ3v) is 8.96. The number of fused-ring (bicyclic) bond motifs is 2. The topological polar surface area (TPSA) is 172 Å². The second-order valence-electron chi connectivity index (χ2n) is 11.5. The molecule has 2 fully saturated rings. The molecule has 0 unspecified atom stereocenters. The average Bonchev–Trinajstić information content (AvgIpc) is 3.10. The molecular weight excluding hydrogens is 576 g/mol. The van der Waals surface area contributed by atoms with Crippen LogP contribution in [0.15, 0.2) is 23.8 Å². The van der Waals surface area contributed by atoms with Crippen molar-refractivity contribution in [3.63, 3.8) is 0 Å². The molecule has 1 saturated carbocycles. The molecule has 1 aliphatic heterocycles.